The Labute approximate surface area is 149 Å². The number of amides is 2. The molecule has 1 fully saturated rings. The van der Waals surface area contributed by atoms with Crippen LogP contribution in [-0.4, -0.2) is 41.0 Å². The van der Waals surface area contributed by atoms with Gasteiger partial charge < -0.3 is 14.3 Å². The molecule has 2 amide bonds. The Hall–Kier alpha value is -2.54. The van der Waals surface area contributed by atoms with Crippen molar-refractivity contribution >= 4 is 29.1 Å². The molecule has 1 aromatic carbocycles. The van der Waals surface area contributed by atoms with Gasteiger partial charge in [-0.05, 0) is 25.1 Å². The van der Waals surface area contributed by atoms with Gasteiger partial charge in [0.05, 0.1) is 0 Å². The van der Waals surface area contributed by atoms with Gasteiger partial charge in [-0.3, -0.25) is 14.4 Å². The minimum absolute atomic E-state index is 0.0175. The van der Waals surface area contributed by atoms with Crippen LogP contribution < -0.4 is 10.5 Å². The van der Waals surface area contributed by atoms with Crippen LogP contribution >= 0.6 is 11.6 Å². The van der Waals surface area contributed by atoms with E-state index in [1.54, 1.807) is 28.0 Å². The second-order valence-electron chi connectivity index (χ2n) is 6.03. The molecule has 8 heteroatoms. The summed E-state index contributed by atoms with van der Waals surface area (Å²) >= 11 is 5.99. The highest BCUT2D eigenvalue weighted by Gasteiger charge is 2.33. The van der Waals surface area contributed by atoms with E-state index in [0.29, 0.717) is 23.7 Å². The number of hydrogen-bond donors (Lipinski definition) is 1. The largest absolute Gasteiger partial charge is 0.384 e. The summed E-state index contributed by atoms with van der Waals surface area (Å²) in [5.74, 6) is 0.132. The third-order valence-electron chi connectivity index (χ3n) is 4.19. The first-order chi connectivity index (χ1) is 11.9. The molecular weight excluding hydrogens is 346 g/mol. The van der Waals surface area contributed by atoms with E-state index >= 15 is 0 Å². The third-order valence-corrected chi connectivity index (χ3v) is 4.42. The monoisotopic (exact) mass is 363 g/mol. The van der Waals surface area contributed by atoms with Crippen molar-refractivity contribution in [3.8, 4) is 0 Å². The number of anilines is 1. The SMILES string of the molecule is CC1CN(c2cccc(Cl)c2)C(=O)CN1C(=O)CCc1cc(=O)[nH]o1. The van der Waals surface area contributed by atoms with E-state index in [1.165, 1.54) is 6.07 Å². The molecule has 3 rings (SSSR count). The first-order valence-electron chi connectivity index (χ1n) is 7.97. The first kappa shape index (κ1) is 17.3. The predicted molar refractivity (Wildman–Crippen MR) is 92.6 cm³/mol. The Bertz CT molecular complexity index is 844. The van der Waals surface area contributed by atoms with Gasteiger partial charge in [-0.1, -0.05) is 17.7 Å². The van der Waals surface area contributed by atoms with Crippen LogP contribution in [0.4, 0.5) is 5.69 Å². The lowest BCUT2D eigenvalue weighted by molar-refractivity contribution is -0.139. The molecule has 1 aliphatic heterocycles. The fourth-order valence-corrected chi connectivity index (χ4v) is 3.08. The number of hydrogen-bond acceptors (Lipinski definition) is 4. The number of aromatic nitrogens is 1. The number of nitrogens with zero attached hydrogens (tertiary/aromatic N) is 2. The Balaban J connectivity index is 1.64. The second kappa shape index (κ2) is 7.14. The highest BCUT2D eigenvalue weighted by molar-refractivity contribution is 6.30. The quantitative estimate of drug-likeness (QED) is 0.897. The highest BCUT2D eigenvalue weighted by Crippen LogP contribution is 2.23. The smallest absolute Gasteiger partial charge is 0.280 e. The van der Waals surface area contributed by atoms with Crippen LogP contribution in [0, 0.1) is 0 Å². The molecule has 1 unspecified atom stereocenters. The van der Waals surface area contributed by atoms with Crippen molar-refractivity contribution in [1.82, 2.24) is 10.1 Å². The van der Waals surface area contributed by atoms with E-state index in [2.05, 4.69) is 5.16 Å². The average Bonchev–Trinajstić information content (AvgIpc) is 3.00. The zero-order valence-electron chi connectivity index (χ0n) is 13.7. The van der Waals surface area contributed by atoms with Gasteiger partial charge in [-0.2, -0.15) is 5.16 Å². The summed E-state index contributed by atoms with van der Waals surface area (Å²) in [5, 5.41) is 2.75. The van der Waals surface area contributed by atoms with Crippen LogP contribution in [0.1, 0.15) is 19.1 Å². The summed E-state index contributed by atoms with van der Waals surface area (Å²) in [5.41, 5.74) is 0.395. The van der Waals surface area contributed by atoms with Crippen LogP contribution in [-0.2, 0) is 16.0 Å². The molecule has 2 heterocycles. The van der Waals surface area contributed by atoms with Gasteiger partial charge in [0.2, 0.25) is 11.8 Å². The maximum Gasteiger partial charge on any atom is 0.280 e. The summed E-state index contributed by atoms with van der Waals surface area (Å²) in [6, 6.07) is 8.29. The van der Waals surface area contributed by atoms with Gasteiger partial charge in [0.15, 0.2) is 0 Å². The number of benzene rings is 1. The van der Waals surface area contributed by atoms with Crippen molar-refractivity contribution in [2.45, 2.75) is 25.8 Å². The molecule has 1 N–H and O–H groups in total. The van der Waals surface area contributed by atoms with E-state index in [4.69, 9.17) is 16.1 Å². The number of aryl methyl sites for hydroxylation is 1. The maximum absolute atomic E-state index is 12.5. The molecule has 132 valence electrons. The van der Waals surface area contributed by atoms with E-state index in [9.17, 15) is 14.4 Å². The van der Waals surface area contributed by atoms with E-state index in [0.717, 1.165) is 5.69 Å². The number of aromatic amines is 1. The summed E-state index contributed by atoms with van der Waals surface area (Å²) in [4.78, 5) is 39.1. The van der Waals surface area contributed by atoms with Crippen molar-refractivity contribution in [2.24, 2.45) is 0 Å². The number of nitrogens with one attached hydrogen (secondary N) is 1. The summed E-state index contributed by atoms with van der Waals surface area (Å²) < 4.78 is 4.94. The lowest BCUT2D eigenvalue weighted by Crippen LogP contribution is -2.57. The summed E-state index contributed by atoms with van der Waals surface area (Å²) in [6.45, 7) is 2.33. The molecule has 2 aromatic rings. The molecule has 0 radical (unpaired) electrons. The predicted octanol–water partition coefficient (Wildman–Crippen LogP) is 1.82. The molecule has 1 aromatic heterocycles. The Morgan fingerprint density at radius 2 is 2.16 bits per heavy atom. The van der Waals surface area contributed by atoms with Crippen molar-refractivity contribution in [3.05, 3.63) is 51.5 Å². The van der Waals surface area contributed by atoms with Crippen molar-refractivity contribution in [1.29, 1.82) is 0 Å². The number of H-pyrrole nitrogens is 1. The van der Waals surface area contributed by atoms with Crippen LogP contribution in [0.2, 0.25) is 5.02 Å². The zero-order chi connectivity index (χ0) is 18.0. The van der Waals surface area contributed by atoms with Crippen molar-refractivity contribution < 1.29 is 14.1 Å². The normalized spacial score (nSPS) is 17.8. The van der Waals surface area contributed by atoms with E-state index in [1.807, 2.05) is 13.0 Å². The van der Waals surface area contributed by atoms with E-state index < -0.39 is 0 Å². The fourth-order valence-electron chi connectivity index (χ4n) is 2.90. The molecule has 25 heavy (non-hydrogen) atoms. The standard InChI is InChI=1S/C17H18ClN3O4/c1-11-9-21(13-4-2-3-12(18)7-13)17(24)10-20(11)16(23)6-5-14-8-15(22)19-25-14/h2-4,7-8,11H,5-6,9-10H2,1H3,(H,19,22). The second-order valence-corrected chi connectivity index (χ2v) is 6.47. The van der Waals surface area contributed by atoms with Crippen LogP contribution in [0.15, 0.2) is 39.6 Å². The molecule has 1 saturated heterocycles. The van der Waals surface area contributed by atoms with Crippen LogP contribution in [0.25, 0.3) is 0 Å². The fraction of sp³-hybridized carbons (Fsp3) is 0.353. The number of carbonyl (C=O) groups excluding carboxylic acids is 2. The molecule has 7 nitrogen and oxygen atoms in total. The zero-order valence-corrected chi connectivity index (χ0v) is 14.5. The number of rotatable bonds is 4. The molecule has 0 aliphatic carbocycles. The minimum Gasteiger partial charge on any atom is -0.384 e. The minimum atomic E-state index is -0.332. The molecule has 0 bridgehead atoms. The van der Waals surface area contributed by atoms with Gasteiger partial charge >= 0.3 is 0 Å². The third kappa shape index (κ3) is 3.93. The van der Waals surface area contributed by atoms with Gasteiger partial charge in [-0.25, -0.2) is 0 Å². The van der Waals surface area contributed by atoms with Crippen LogP contribution in [0.5, 0.6) is 0 Å². The Morgan fingerprint density at radius 1 is 1.36 bits per heavy atom. The van der Waals surface area contributed by atoms with E-state index in [-0.39, 0.29) is 36.4 Å². The van der Waals surface area contributed by atoms with Crippen molar-refractivity contribution in [2.75, 3.05) is 18.0 Å². The summed E-state index contributed by atoms with van der Waals surface area (Å²) in [6.07, 6.45) is 0.489. The van der Waals surface area contributed by atoms with Gasteiger partial charge in [0, 0.05) is 42.2 Å². The van der Waals surface area contributed by atoms with Gasteiger partial charge in [0.25, 0.3) is 5.56 Å². The van der Waals surface area contributed by atoms with Gasteiger partial charge in [-0.15, -0.1) is 0 Å². The van der Waals surface area contributed by atoms with Crippen molar-refractivity contribution in [3.63, 3.8) is 0 Å². The first-order valence-corrected chi connectivity index (χ1v) is 8.34. The Morgan fingerprint density at radius 3 is 2.84 bits per heavy atom. The number of halogens is 1. The molecular formula is C17H18ClN3O4. The Kier molecular flexibility index (Phi) is 4.94. The lowest BCUT2D eigenvalue weighted by atomic mass is 10.1. The topological polar surface area (TPSA) is 86.6 Å². The molecule has 0 spiro atoms. The summed E-state index contributed by atoms with van der Waals surface area (Å²) in [7, 11) is 0. The number of carbonyl (C=O) groups is 2. The molecule has 1 atom stereocenters. The maximum atomic E-state index is 12.5. The highest BCUT2D eigenvalue weighted by atomic mass is 35.5. The average molecular weight is 364 g/mol. The molecule has 1 aliphatic rings. The van der Waals surface area contributed by atoms with Crippen LogP contribution in [0.3, 0.4) is 0 Å². The number of piperazine rings is 1. The lowest BCUT2D eigenvalue weighted by Gasteiger charge is -2.39. The molecule has 0 saturated carbocycles. The van der Waals surface area contributed by atoms with Gasteiger partial charge in [0.1, 0.15) is 12.3 Å².